The summed E-state index contributed by atoms with van der Waals surface area (Å²) < 4.78 is 0. The van der Waals surface area contributed by atoms with Gasteiger partial charge in [-0.2, -0.15) is 0 Å². The summed E-state index contributed by atoms with van der Waals surface area (Å²) in [6.45, 7) is 0. The Labute approximate surface area is 141 Å². The van der Waals surface area contributed by atoms with Crippen LogP contribution < -0.4 is 0 Å². The first-order valence-electron chi connectivity index (χ1n) is 8.30. The second-order valence-electron chi connectivity index (χ2n) is 6.25. The molecule has 0 nitrogen and oxygen atoms in total. The maximum atomic E-state index is 2.33. The third kappa shape index (κ3) is 2.00. The van der Waals surface area contributed by atoms with Crippen molar-refractivity contribution in [3.8, 4) is 0 Å². The van der Waals surface area contributed by atoms with Crippen LogP contribution >= 0.6 is 0 Å². The van der Waals surface area contributed by atoms with Crippen molar-refractivity contribution < 1.29 is 0 Å². The molecule has 0 atom stereocenters. The molecule has 112 valence electrons. The normalized spacial score (nSPS) is 17.3. The van der Waals surface area contributed by atoms with Crippen molar-refractivity contribution in [3.63, 3.8) is 0 Å². The second-order valence-corrected chi connectivity index (χ2v) is 6.25. The van der Waals surface area contributed by atoms with Crippen molar-refractivity contribution >= 4 is 44.5 Å². The summed E-state index contributed by atoms with van der Waals surface area (Å²) in [6.07, 6.45) is 12.8. The molecule has 0 amide bonds. The molecule has 0 saturated heterocycles. The van der Waals surface area contributed by atoms with Crippen LogP contribution in [0.15, 0.2) is 85.0 Å². The van der Waals surface area contributed by atoms with Crippen LogP contribution in [0.2, 0.25) is 0 Å². The number of fused-ring (bicyclic) bond motifs is 6. The van der Waals surface area contributed by atoms with Gasteiger partial charge in [-0.05, 0) is 55.6 Å². The highest BCUT2D eigenvalue weighted by atomic mass is 14.1. The van der Waals surface area contributed by atoms with Gasteiger partial charge in [0.05, 0.1) is 0 Å². The van der Waals surface area contributed by atoms with Crippen LogP contribution in [0.1, 0.15) is 11.1 Å². The number of allylic oxidation sites excluding steroid dienone is 4. The fraction of sp³-hybridized carbons (Fsp3) is 0. The smallest absolute Gasteiger partial charge is 0.00990 e. The standard InChI is InChI=1S/C24H16/c1-2-4-9-21-17(7-3-1)11-13-19-16-24-20(15-23(19)21)14-12-18-8-5-6-10-22(18)24/h1-16H/b2-1-,3-1?,4-2?,7-3-,9-4-,17-7?,21-9?. The predicted molar refractivity (Wildman–Crippen MR) is 106 cm³/mol. The molecule has 0 heterocycles. The Morgan fingerprint density at radius 1 is 0.458 bits per heavy atom. The molecule has 0 saturated carbocycles. The Bertz CT molecular complexity index is 1190. The Kier molecular flexibility index (Phi) is 2.89. The lowest BCUT2D eigenvalue weighted by Crippen LogP contribution is -1.87. The summed E-state index contributed by atoms with van der Waals surface area (Å²) >= 11 is 0. The first-order valence-corrected chi connectivity index (χ1v) is 8.30. The summed E-state index contributed by atoms with van der Waals surface area (Å²) in [5, 5.41) is 7.84. The Morgan fingerprint density at radius 3 is 2.12 bits per heavy atom. The van der Waals surface area contributed by atoms with Crippen LogP contribution in [0.3, 0.4) is 0 Å². The number of hydrogen-bond donors (Lipinski definition) is 0. The third-order valence-electron chi connectivity index (χ3n) is 4.83. The molecule has 0 radical (unpaired) electrons. The van der Waals surface area contributed by atoms with E-state index < -0.39 is 0 Å². The monoisotopic (exact) mass is 304 g/mol. The minimum absolute atomic E-state index is 1.27. The Hall–Kier alpha value is -3.12. The van der Waals surface area contributed by atoms with Crippen LogP contribution in [0, 0.1) is 0 Å². The average molecular weight is 304 g/mol. The van der Waals surface area contributed by atoms with Crippen LogP contribution in [0.4, 0.5) is 0 Å². The van der Waals surface area contributed by atoms with Gasteiger partial charge in [0.2, 0.25) is 0 Å². The van der Waals surface area contributed by atoms with E-state index in [2.05, 4.69) is 97.1 Å². The lowest BCUT2D eigenvalue weighted by atomic mass is 9.93. The first kappa shape index (κ1) is 13.3. The largest absolute Gasteiger partial charge is 0.0622 e. The molecule has 4 aromatic carbocycles. The van der Waals surface area contributed by atoms with Crippen molar-refractivity contribution in [2.45, 2.75) is 0 Å². The second kappa shape index (κ2) is 5.21. The molecular weight excluding hydrogens is 288 g/mol. The Morgan fingerprint density at radius 2 is 1.17 bits per heavy atom. The minimum Gasteiger partial charge on any atom is -0.0622 e. The van der Waals surface area contributed by atoms with E-state index in [-0.39, 0.29) is 0 Å². The van der Waals surface area contributed by atoms with Crippen molar-refractivity contribution in [2.24, 2.45) is 0 Å². The molecule has 5 rings (SSSR count). The molecule has 0 unspecified atom stereocenters. The first-order chi connectivity index (χ1) is 11.9. The van der Waals surface area contributed by atoms with Crippen LogP contribution in [-0.2, 0) is 0 Å². The van der Waals surface area contributed by atoms with E-state index in [0.29, 0.717) is 0 Å². The van der Waals surface area contributed by atoms with Crippen LogP contribution in [0.5, 0.6) is 0 Å². The van der Waals surface area contributed by atoms with Crippen molar-refractivity contribution in [2.75, 3.05) is 0 Å². The fourth-order valence-corrected chi connectivity index (χ4v) is 3.64. The van der Waals surface area contributed by atoms with Crippen molar-refractivity contribution in [3.05, 3.63) is 96.1 Å². The van der Waals surface area contributed by atoms with Gasteiger partial charge in [0.1, 0.15) is 0 Å². The molecule has 24 heavy (non-hydrogen) atoms. The van der Waals surface area contributed by atoms with Gasteiger partial charge in [-0.15, -0.1) is 0 Å². The lowest BCUT2D eigenvalue weighted by molar-refractivity contribution is 1.67. The van der Waals surface area contributed by atoms with Gasteiger partial charge in [-0.3, -0.25) is 0 Å². The molecule has 0 heteroatoms. The van der Waals surface area contributed by atoms with E-state index in [4.69, 9.17) is 0 Å². The lowest BCUT2D eigenvalue weighted by Gasteiger charge is -2.11. The zero-order chi connectivity index (χ0) is 15.9. The summed E-state index contributed by atoms with van der Waals surface area (Å²) in [5.41, 5.74) is 2.56. The molecule has 0 bridgehead atoms. The zero-order valence-corrected chi connectivity index (χ0v) is 13.2. The Balaban J connectivity index is 1.91. The third-order valence-corrected chi connectivity index (χ3v) is 4.83. The van der Waals surface area contributed by atoms with Gasteiger partial charge in [0.15, 0.2) is 0 Å². The molecular formula is C24H16. The molecule has 1 aliphatic rings. The molecule has 0 aliphatic heterocycles. The number of benzene rings is 4. The van der Waals surface area contributed by atoms with Gasteiger partial charge in [-0.1, -0.05) is 85.0 Å². The van der Waals surface area contributed by atoms with E-state index in [0.717, 1.165) is 0 Å². The summed E-state index contributed by atoms with van der Waals surface area (Å²) in [7, 11) is 0. The van der Waals surface area contributed by atoms with Crippen molar-refractivity contribution in [1.82, 2.24) is 0 Å². The van der Waals surface area contributed by atoms with Crippen LogP contribution in [0.25, 0.3) is 44.5 Å². The van der Waals surface area contributed by atoms with E-state index in [9.17, 15) is 0 Å². The fourth-order valence-electron chi connectivity index (χ4n) is 3.64. The molecule has 1 aliphatic carbocycles. The highest BCUT2D eigenvalue weighted by Crippen LogP contribution is 2.33. The summed E-state index contributed by atoms with van der Waals surface area (Å²) in [5.74, 6) is 0. The van der Waals surface area contributed by atoms with Crippen LogP contribution in [-0.4, -0.2) is 0 Å². The summed E-state index contributed by atoms with van der Waals surface area (Å²) in [6, 6.07) is 22.2. The molecule has 0 N–H and O–H groups in total. The van der Waals surface area contributed by atoms with E-state index in [1.54, 1.807) is 0 Å². The van der Waals surface area contributed by atoms with Gasteiger partial charge in [0, 0.05) is 0 Å². The van der Waals surface area contributed by atoms with Gasteiger partial charge in [-0.25, -0.2) is 0 Å². The quantitative estimate of drug-likeness (QED) is 0.249. The molecule has 4 aromatic rings. The number of rotatable bonds is 0. The van der Waals surface area contributed by atoms with Gasteiger partial charge >= 0.3 is 0 Å². The van der Waals surface area contributed by atoms with Gasteiger partial charge in [0.25, 0.3) is 0 Å². The highest BCUT2D eigenvalue weighted by Gasteiger charge is 2.07. The predicted octanol–water partition coefficient (Wildman–Crippen LogP) is 6.74. The maximum Gasteiger partial charge on any atom is -0.00990 e. The van der Waals surface area contributed by atoms with E-state index in [1.165, 1.54) is 43.4 Å². The van der Waals surface area contributed by atoms with E-state index in [1.807, 2.05) is 0 Å². The maximum absolute atomic E-state index is 2.33. The van der Waals surface area contributed by atoms with E-state index >= 15 is 0 Å². The topological polar surface area (TPSA) is 0 Å². The highest BCUT2D eigenvalue weighted by molar-refractivity contribution is 6.13. The average Bonchev–Trinajstić information content (AvgIpc) is 2.60. The zero-order valence-electron chi connectivity index (χ0n) is 13.2. The number of hydrogen-bond acceptors (Lipinski definition) is 0. The van der Waals surface area contributed by atoms with Gasteiger partial charge < -0.3 is 0 Å². The molecule has 0 aromatic heterocycles. The minimum atomic E-state index is 1.27. The molecule has 0 spiro atoms. The summed E-state index contributed by atoms with van der Waals surface area (Å²) in [4.78, 5) is 0. The van der Waals surface area contributed by atoms with Crippen molar-refractivity contribution in [1.29, 1.82) is 0 Å². The molecule has 0 fully saturated rings. The SMILES string of the molecule is C1=C\C=C/c2c(ccc3cc4c(ccc5ccccc54)cc23)\C=C/1.